The van der Waals surface area contributed by atoms with E-state index in [4.69, 9.17) is 5.73 Å². The maximum Gasteiger partial charge on any atom is 0.328 e. The molecule has 2 aromatic rings. The zero-order chi connectivity index (χ0) is 17.4. The van der Waals surface area contributed by atoms with Crippen LogP contribution in [0.3, 0.4) is 0 Å². The molecule has 9 heteroatoms. The molecule has 0 aliphatic rings. The van der Waals surface area contributed by atoms with Crippen molar-refractivity contribution in [2.75, 3.05) is 6.54 Å². The van der Waals surface area contributed by atoms with Crippen molar-refractivity contribution in [1.29, 1.82) is 0 Å². The molecule has 0 fully saturated rings. The lowest BCUT2D eigenvalue weighted by atomic mass is 9.95. The highest BCUT2D eigenvalue weighted by atomic mass is 35.5. The molecule has 0 aliphatic carbocycles. The number of aryl methyl sites for hydroxylation is 2. The Morgan fingerprint density at radius 3 is 2.17 bits per heavy atom. The van der Waals surface area contributed by atoms with Gasteiger partial charge in [0.2, 0.25) is 10.0 Å². The molecule has 0 saturated carbocycles. The number of aromatic nitrogens is 2. The summed E-state index contributed by atoms with van der Waals surface area (Å²) in [5.41, 5.74) is 6.19. The van der Waals surface area contributed by atoms with Gasteiger partial charge in [0, 0.05) is 26.2 Å². The lowest BCUT2D eigenvalue weighted by Crippen LogP contribution is -2.52. The molecule has 1 heterocycles. The Kier molecular flexibility index (Phi) is 6.26. The number of fused-ring (bicyclic) bond motifs is 1. The summed E-state index contributed by atoms with van der Waals surface area (Å²) in [5, 5.41) is 0. The molecule has 0 spiro atoms. The Labute approximate surface area is 148 Å². The molecule has 0 bridgehead atoms. The highest BCUT2D eigenvalue weighted by molar-refractivity contribution is 7.89. The second-order valence-corrected chi connectivity index (χ2v) is 7.53. The SMILES string of the molecule is CCC(CC)(CN)NS(=O)(=O)c1ccc2c(c1)n(C)c(=O)n2C.Cl. The summed E-state index contributed by atoms with van der Waals surface area (Å²) < 4.78 is 31.1. The average Bonchev–Trinajstić information content (AvgIpc) is 2.77. The third kappa shape index (κ3) is 3.37. The van der Waals surface area contributed by atoms with E-state index in [0.717, 1.165) is 0 Å². The van der Waals surface area contributed by atoms with E-state index in [2.05, 4.69) is 4.72 Å². The first-order valence-electron chi connectivity index (χ1n) is 7.61. The zero-order valence-electron chi connectivity index (χ0n) is 14.4. The normalized spacial score (nSPS) is 12.4. The largest absolute Gasteiger partial charge is 0.329 e. The van der Waals surface area contributed by atoms with Crippen molar-refractivity contribution in [1.82, 2.24) is 13.9 Å². The summed E-state index contributed by atoms with van der Waals surface area (Å²) in [4.78, 5) is 12.1. The minimum atomic E-state index is -3.72. The first kappa shape index (κ1) is 20.7. The van der Waals surface area contributed by atoms with E-state index in [1.165, 1.54) is 21.3 Å². The van der Waals surface area contributed by atoms with Crippen LogP contribution in [-0.2, 0) is 24.1 Å². The van der Waals surface area contributed by atoms with Gasteiger partial charge in [0.05, 0.1) is 15.9 Å². The molecule has 136 valence electrons. The van der Waals surface area contributed by atoms with E-state index >= 15 is 0 Å². The highest BCUT2D eigenvalue weighted by Gasteiger charge is 2.31. The van der Waals surface area contributed by atoms with Gasteiger partial charge in [-0.1, -0.05) is 13.8 Å². The van der Waals surface area contributed by atoms with Crippen molar-refractivity contribution in [3.8, 4) is 0 Å². The van der Waals surface area contributed by atoms with Crippen molar-refractivity contribution >= 4 is 33.5 Å². The first-order chi connectivity index (χ1) is 10.7. The van der Waals surface area contributed by atoms with Gasteiger partial charge in [-0.05, 0) is 31.0 Å². The van der Waals surface area contributed by atoms with Gasteiger partial charge in [0.15, 0.2) is 0 Å². The molecule has 0 atom stereocenters. The van der Waals surface area contributed by atoms with Crippen molar-refractivity contribution in [3.05, 3.63) is 28.7 Å². The van der Waals surface area contributed by atoms with E-state index in [1.54, 1.807) is 20.2 Å². The Balaban J connectivity index is 0.00000288. The van der Waals surface area contributed by atoms with Crippen LogP contribution in [0.25, 0.3) is 11.0 Å². The number of sulfonamides is 1. The summed E-state index contributed by atoms with van der Waals surface area (Å²) >= 11 is 0. The van der Waals surface area contributed by atoms with Gasteiger partial charge in [-0.2, -0.15) is 0 Å². The fraction of sp³-hybridized carbons (Fsp3) is 0.533. The van der Waals surface area contributed by atoms with Crippen LogP contribution >= 0.6 is 12.4 Å². The maximum absolute atomic E-state index is 12.7. The van der Waals surface area contributed by atoms with Crippen LogP contribution in [0, 0.1) is 0 Å². The smallest absolute Gasteiger partial charge is 0.328 e. The van der Waals surface area contributed by atoms with Gasteiger partial charge in [-0.15, -0.1) is 12.4 Å². The number of rotatable bonds is 6. The number of nitrogens with zero attached hydrogens (tertiary/aromatic N) is 2. The number of nitrogens with two attached hydrogens (primary N) is 1. The molecular formula is C15H25ClN4O3S. The number of hydrogen-bond acceptors (Lipinski definition) is 4. The van der Waals surface area contributed by atoms with Crippen LogP contribution in [-0.4, -0.2) is 29.6 Å². The van der Waals surface area contributed by atoms with Crippen LogP contribution in [0.1, 0.15) is 26.7 Å². The highest BCUT2D eigenvalue weighted by Crippen LogP contribution is 2.21. The molecule has 0 unspecified atom stereocenters. The topological polar surface area (TPSA) is 99.1 Å². The van der Waals surface area contributed by atoms with Crippen LogP contribution in [0.5, 0.6) is 0 Å². The van der Waals surface area contributed by atoms with E-state index in [9.17, 15) is 13.2 Å². The van der Waals surface area contributed by atoms with Crippen LogP contribution in [0.4, 0.5) is 0 Å². The molecule has 7 nitrogen and oxygen atoms in total. The fourth-order valence-corrected chi connectivity index (χ4v) is 4.30. The van der Waals surface area contributed by atoms with E-state index in [1.807, 2.05) is 13.8 Å². The Hall–Kier alpha value is -1.35. The Bertz CT molecular complexity index is 874. The van der Waals surface area contributed by atoms with E-state index in [0.29, 0.717) is 23.9 Å². The molecule has 3 N–H and O–H groups in total. The number of hydrogen-bond donors (Lipinski definition) is 2. The van der Waals surface area contributed by atoms with Crippen molar-refractivity contribution in [3.63, 3.8) is 0 Å². The van der Waals surface area contributed by atoms with Gasteiger partial charge in [-0.25, -0.2) is 17.9 Å². The molecule has 0 amide bonds. The summed E-state index contributed by atoms with van der Waals surface area (Å²) in [6.45, 7) is 4.04. The molecule has 0 saturated heterocycles. The number of benzene rings is 1. The summed E-state index contributed by atoms with van der Waals surface area (Å²) in [7, 11) is -0.441. The van der Waals surface area contributed by atoms with Crippen LogP contribution in [0.15, 0.2) is 27.9 Å². The zero-order valence-corrected chi connectivity index (χ0v) is 16.0. The second kappa shape index (κ2) is 7.26. The third-order valence-electron chi connectivity index (χ3n) is 4.65. The van der Waals surface area contributed by atoms with Gasteiger partial charge in [-0.3, -0.25) is 9.13 Å². The predicted molar refractivity (Wildman–Crippen MR) is 98.1 cm³/mol. The second-order valence-electron chi connectivity index (χ2n) is 5.85. The molecular weight excluding hydrogens is 352 g/mol. The molecule has 1 aromatic carbocycles. The minimum absolute atomic E-state index is 0. The summed E-state index contributed by atoms with van der Waals surface area (Å²) in [5.74, 6) is 0. The lowest BCUT2D eigenvalue weighted by Gasteiger charge is -2.31. The first-order valence-corrected chi connectivity index (χ1v) is 9.09. The molecule has 0 radical (unpaired) electrons. The van der Waals surface area contributed by atoms with Gasteiger partial charge < -0.3 is 5.73 Å². The minimum Gasteiger partial charge on any atom is -0.329 e. The van der Waals surface area contributed by atoms with Crippen molar-refractivity contribution in [2.24, 2.45) is 19.8 Å². The molecule has 0 aliphatic heterocycles. The quantitative estimate of drug-likeness (QED) is 0.788. The summed E-state index contributed by atoms with van der Waals surface area (Å²) in [6.07, 6.45) is 1.20. The van der Waals surface area contributed by atoms with Gasteiger partial charge >= 0.3 is 5.69 Å². The van der Waals surface area contributed by atoms with E-state index < -0.39 is 15.6 Å². The van der Waals surface area contributed by atoms with Crippen molar-refractivity contribution in [2.45, 2.75) is 37.1 Å². The maximum atomic E-state index is 12.7. The molecule has 24 heavy (non-hydrogen) atoms. The lowest BCUT2D eigenvalue weighted by molar-refractivity contribution is 0.363. The van der Waals surface area contributed by atoms with Crippen LogP contribution in [0.2, 0.25) is 0 Å². The summed E-state index contributed by atoms with van der Waals surface area (Å²) in [6, 6.07) is 4.68. The Morgan fingerprint density at radius 2 is 1.67 bits per heavy atom. The van der Waals surface area contributed by atoms with Gasteiger partial charge in [0.1, 0.15) is 0 Å². The van der Waals surface area contributed by atoms with Gasteiger partial charge in [0.25, 0.3) is 0 Å². The molecule has 1 aromatic heterocycles. The monoisotopic (exact) mass is 376 g/mol. The number of nitrogens with one attached hydrogen (secondary N) is 1. The van der Waals surface area contributed by atoms with E-state index in [-0.39, 0.29) is 29.5 Å². The average molecular weight is 377 g/mol. The number of halogens is 1. The third-order valence-corrected chi connectivity index (χ3v) is 6.23. The van der Waals surface area contributed by atoms with Crippen molar-refractivity contribution < 1.29 is 8.42 Å². The number of imidazole rings is 1. The Morgan fingerprint density at radius 1 is 1.12 bits per heavy atom. The molecule has 2 rings (SSSR count). The standard InChI is InChI=1S/C15H24N4O3S.ClH/c1-5-15(6-2,10-16)17-23(21,22)11-7-8-12-13(9-11)19(4)14(20)18(12)3;/h7-9,17H,5-6,10,16H2,1-4H3;1H. The predicted octanol–water partition coefficient (Wildman–Crippen LogP) is 1.09. The van der Waals surface area contributed by atoms with Crippen LogP contribution < -0.4 is 16.1 Å². The fourth-order valence-electron chi connectivity index (χ4n) is 2.72.